The van der Waals surface area contributed by atoms with Crippen molar-refractivity contribution in [2.24, 2.45) is 0 Å². The van der Waals surface area contributed by atoms with E-state index < -0.39 is 15.9 Å². The Balaban J connectivity index is 1.27. The summed E-state index contributed by atoms with van der Waals surface area (Å²) >= 11 is 0. The fourth-order valence-electron chi connectivity index (χ4n) is 3.60. The van der Waals surface area contributed by atoms with Gasteiger partial charge in [-0.25, -0.2) is 13.1 Å². The van der Waals surface area contributed by atoms with Crippen molar-refractivity contribution in [1.82, 2.24) is 10.0 Å². The molecule has 0 heterocycles. The molecule has 8 heteroatoms. The number of hydrogen-bond donors (Lipinski definition) is 2. The molecule has 0 spiro atoms. The van der Waals surface area contributed by atoms with E-state index in [1.807, 2.05) is 41.1 Å². The smallest absolute Gasteiger partial charge is 0.264 e. The largest absolute Gasteiger partial charge is 0.494 e. The van der Waals surface area contributed by atoms with Crippen molar-refractivity contribution in [3.63, 3.8) is 0 Å². The molecule has 1 amide bonds. The molecule has 0 saturated heterocycles. The van der Waals surface area contributed by atoms with Crippen molar-refractivity contribution < 1.29 is 17.9 Å². The standard InChI is InChI=1S/C28H31N3O4S/c29-22-25-9-4-12-27(21-25)36(33,34)31-28(32)17-19-30-18-5-10-24-13-15-26(16-14-24)35-20-6-11-23-7-2-1-3-8-23/h1-4,7-9,12-16,21,30H,5-6,10-11,17-20H2,(H,31,32). The maximum Gasteiger partial charge on any atom is 0.264 e. The highest BCUT2D eigenvalue weighted by Crippen LogP contribution is 2.14. The third-order valence-electron chi connectivity index (χ3n) is 5.51. The van der Waals surface area contributed by atoms with Gasteiger partial charge in [0, 0.05) is 13.0 Å². The van der Waals surface area contributed by atoms with Crippen molar-refractivity contribution >= 4 is 15.9 Å². The van der Waals surface area contributed by atoms with E-state index in [1.54, 1.807) is 0 Å². The van der Waals surface area contributed by atoms with E-state index in [4.69, 9.17) is 10.00 Å². The van der Waals surface area contributed by atoms with Gasteiger partial charge in [0.1, 0.15) is 5.75 Å². The number of ether oxygens (including phenoxy) is 1. The number of nitrogens with zero attached hydrogens (tertiary/aromatic N) is 1. The molecular weight excluding hydrogens is 474 g/mol. The van der Waals surface area contributed by atoms with Crippen LogP contribution in [0.25, 0.3) is 0 Å². The maximum atomic E-state index is 12.3. The van der Waals surface area contributed by atoms with Crippen LogP contribution in [0.5, 0.6) is 5.75 Å². The second-order valence-corrected chi connectivity index (χ2v) is 10.0. The van der Waals surface area contributed by atoms with Gasteiger partial charge in [-0.05, 0) is 73.7 Å². The first-order chi connectivity index (χ1) is 17.5. The summed E-state index contributed by atoms with van der Waals surface area (Å²) in [5.41, 5.74) is 2.74. The molecule has 0 radical (unpaired) electrons. The predicted octanol–water partition coefficient (Wildman–Crippen LogP) is 3.99. The first-order valence-electron chi connectivity index (χ1n) is 12.0. The molecule has 0 fully saturated rings. The number of carbonyl (C=O) groups excluding carboxylic acids is 1. The number of carbonyl (C=O) groups is 1. The number of aryl methyl sites for hydroxylation is 2. The molecule has 0 unspecified atom stereocenters. The predicted molar refractivity (Wildman–Crippen MR) is 139 cm³/mol. The highest BCUT2D eigenvalue weighted by atomic mass is 32.2. The van der Waals surface area contributed by atoms with Crippen LogP contribution in [0.4, 0.5) is 0 Å². The molecule has 0 aromatic heterocycles. The summed E-state index contributed by atoms with van der Waals surface area (Å²) in [5.74, 6) is 0.273. The first kappa shape index (κ1) is 26.9. The molecule has 0 bridgehead atoms. The molecule has 188 valence electrons. The Kier molecular flexibility index (Phi) is 10.5. The number of sulfonamides is 1. The summed E-state index contributed by atoms with van der Waals surface area (Å²) in [5, 5.41) is 12.1. The maximum absolute atomic E-state index is 12.3. The van der Waals surface area contributed by atoms with Gasteiger partial charge in [-0.15, -0.1) is 0 Å². The minimum Gasteiger partial charge on any atom is -0.494 e. The molecule has 3 aromatic rings. The lowest BCUT2D eigenvalue weighted by Crippen LogP contribution is -2.33. The molecule has 2 N–H and O–H groups in total. The highest BCUT2D eigenvalue weighted by molar-refractivity contribution is 7.90. The van der Waals surface area contributed by atoms with Gasteiger partial charge in [-0.1, -0.05) is 48.5 Å². The Morgan fingerprint density at radius 2 is 1.58 bits per heavy atom. The van der Waals surface area contributed by atoms with Crippen LogP contribution in [0.15, 0.2) is 83.8 Å². The van der Waals surface area contributed by atoms with Gasteiger partial charge in [-0.3, -0.25) is 4.79 Å². The molecule has 36 heavy (non-hydrogen) atoms. The Hall–Kier alpha value is -3.67. The monoisotopic (exact) mass is 505 g/mol. The van der Waals surface area contributed by atoms with Gasteiger partial charge in [-0.2, -0.15) is 5.26 Å². The quantitative estimate of drug-likeness (QED) is 0.321. The summed E-state index contributed by atoms with van der Waals surface area (Å²) in [6.07, 6.45) is 3.78. The second-order valence-electron chi connectivity index (χ2n) is 8.35. The number of benzene rings is 3. The zero-order chi connectivity index (χ0) is 25.6. The van der Waals surface area contributed by atoms with E-state index in [-0.39, 0.29) is 16.9 Å². The zero-order valence-electron chi connectivity index (χ0n) is 20.2. The lowest BCUT2D eigenvalue weighted by Gasteiger charge is -2.09. The molecule has 3 rings (SSSR count). The average Bonchev–Trinajstić information content (AvgIpc) is 2.90. The van der Waals surface area contributed by atoms with Gasteiger partial charge in [0.05, 0.1) is 23.1 Å². The fraction of sp³-hybridized carbons (Fsp3) is 0.286. The zero-order valence-corrected chi connectivity index (χ0v) is 21.0. The van der Waals surface area contributed by atoms with Crippen molar-refractivity contribution in [2.75, 3.05) is 19.7 Å². The summed E-state index contributed by atoms with van der Waals surface area (Å²) in [4.78, 5) is 11.9. The van der Waals surface area contributed by atoms with Crippen LogP contribution in [0.2, 0.25) is 0 Å². The van der Waals surface area contributed by atoms with Crippen LogP contribution in [0, 0.1) is 11.3 Å². The molecule has 0 aliphatic heterocycles. The van der Waals surface area contributed by atoms with Crippen LogP contribution in [-0.4, -0.2) is 34.0 Å². The van der Waals surface area contributed by atoms with Crippen LogP contribution in [0.1, 0.15) is 36.0 Å². The van der Waals surface area contributed by atoms with E-state index in [0.717, 1.165) is 31.4 Å². The lowest BCUT2D eigenvalue weighted by molar-refractivity contribution is -0.119. The van der Waals surface area contributed by atoms with E-state index in [9.17, 15) is 13.2 Å². The lowest BCUT2D eigenvalue weighted by atomic mass is 10.1. The van der Waals surface area contributed by atoms with E-state index in [0.29, 0.717) is 19.7 Å². The number of hydrogen-bond acceptors (Lipinski definition) is 6. The van der Waals surface area contributed by atoms with Crippen molar-refractivity contribution in [3.05, 3.63) is 95.6 Å². The van der Waals surface area contributed by atoms with E-state index in [1.165, 1.54) is 35.4 Å². The third kappa shape index (κ3) is 9.17. The number of rotatable bonds is 14. The van der Waals surface area contributed by atoms with Gasteiger partial charge in [0.2, 0.25) is 5.91 Å². The van der Waals surface area contributed by atoms with Crippen molar-refractivity contribution in [3.8, 4) is 11.8 Å². The Labute approximate surface area is 213 Å². The number of amides is 1. The summed E-state index contributed by atoms with van der Waals surface area (Å²) in [6, 6.07) is 25.9. The summed E-state index contributed by atoms with van der Waals surface area (Å²) < 4.78 is 32.5. The summed E-state index contributed by atoms with van der Waals surface area (Å²) in [7, 11) is -3.99. The minimum absolute atomic E-state index is 0.0352. The molecule has 3 aromatic carbocycles. The molecule has 0 aliphatic carbocycles. The van der Waals surface area contributed by atoms with Gasteiger partial charge < -0.3 is 10.1 Å². The summed E-state index contributed by atoms with van der Waals surface area (Å²) in [6.45, 7) is 1.76. The molecule has 0 atom stereocenters. The average molecular weight is 506 g/mol. The highest BCUT2D eigenvalue weighted by Gasteiger charge is 2.17. The van der Waals surface area contributed by atoms with Gasteiger partial charge >= 0.3 is 0 Å². The SMILES string of the molecule is N#Cc1cccc(S(=O)(=O)NC(=O)CCNCCCc2ccc(OCCCc3ccccc3)cc2)c1. The fourth-order valence-corrected chi connectivity index (χ4v) is 4.66. The molecule has 0 aliphatic rings. The minimum atomic E-state index is -3.99. The molecule has 0 saturated carbocycles. The Bertz CT molecular complexity index is 1250. The normalized spacial score (nSPS) is 11.0. The number of nitriles is 1. The first-order valence-corrected chi connectivity index (χ1v) is 13.5. The van der Waals surface area contributed by atoms with Gasteiger partial charge in [0.15, 0.2) is 0 Å². The van der Waals surface area contributed by atoms with Crippen LogP contribution >= 0.6 is 0 Å². The molecular formula is C28H31N3O4S. The third-order valence-corrected chi connectivity index (χ3v) is 6.89. The van der Waals surface area contributed by atoms with E-state index >= 15 is 0 Å². The molecule has 7 nitrogen and oxygen atoms in total. The van der Waals surface area contributed by atoms with Crippen molar-refractivity contribution in [2.45, 2.75) is 37.0 Å². The van der Waals surface area contributed by atoms with Crippen LogP contribution in [0.3, 0.4) is 0 Å². The second kappa shape index (κ2) is 14.0. The van der Waals surface area contributed by atoms with E-state index in [2.05, 4.69) is 29.6 Å². The van der Waals surface area contributed by atoms with Crippen LogP contribution < -0.4 is 14.8 Å². The van der Waals surface area contributed by atoms with Crippen LogP contribution in [-0.2, 0) is 27.7 Å². The number of nitrogens with one attached hydrogen (secondary N) is 2. The Morgan fingerprint density at radius 1 is 0.861 bits per heavy atom. The Morgan fingerprint density at radius 3 is 2.33 bits per heavy atom. The van der Waals surface area contributed by atoms with Gasteiger partial charge in [0.25, 0.3) is 10.0 Å². The topological polar surface area (TPSA) is 108 Å². The van der Waals surface area contributed by atoms with Crippen molar-refractivity contribution in [1.29, 1.82) is 5.26 Å².